The van der Waals surface area contributed by atoms with Gasteiger partial charge in [0.25, 0.3) is 5.91 Å². The number of hydrogen-bond acceptors (Lipinski definition) is 5. The molecule has 0 spiro atoms. The van der Waals surface area contributed by atoms with Crippen molar-refractivity contribution in [2.24, 2.45) is 5.92 Å². The van der Waals surface area contributed by atoms with Crippen molar-refractivity contribution in [2.75, 3.05) is 44.0 Å². The van der Waals surface area contributed by atoms with Crippen LogP contribution in [0.1, 0.15) is 37.0 Å². The van der Waals surface area contributed by atoms with Gasteiger partial charge in [-0.3, -0.25) is 9.59 Å². The number of amides is 2. The van der Waals surface area contributed by atoms with Crippen LogP contribution in [0.4, 0.5) is 11.4 Å². The molecule has 0 radical (unpaired) electrons. The zero-order chi connectivity index (χ0) is 22.5. The van der Waals surface area contributed by atoms with E-state index in [0.717, 1.165) is 24.3 Å². The van der Waals surface area contributed by atoms with Gasteiger partial charge in [-0.05, 0) is 49.1 Å². The van der Waals surface area contributed by atoms with Gasteiger partial charge in [0.2, 0.25) is 5.91 Å². The monoisotopic (exact) mass is 427 g/mol. The minimum absolute atomic E-state index is 0.100. The third-order valence-electron chi connectivity index (χ3n) is 4.47. The Hall–Kier alpha value is -3.06. The Kier molecular flexibility index (Phi) is 10.4. The fourth-order valence-corrected chi connectivity index (χ4v) is 2.75. The Labute approximate surface area is 184 Å². The highest BCUT2D eigenvalue weighted by Crippen LogP contribution is 2.18. The van der Waals surface area contributed by atoms with E-state index in [0.29, 0.717) is 36.9 Å². The number of carbonyl (C=O) groups excluding carboxylic acids is 2. The first-order valence-corrected chi connectivity index (χ1v) is 10.6. The fourth-order valence-electron chi connectivity index (χ4n) is 2.75. The molecular formula is C24H33N3O4. The van der Waals surface area contributed by atoms with Gasteiger partial charge in [-0.15, -0.1) is 0 Å². The summed E-state index contributed by atoms with van der Waals surface area (Å²) in [6.07, 6.45) is 1.73. The third-order valence-corrected chi connectivity index (χ3v) is 4.47. The summed E-state index contributed by atoms with van der Waals surface area (Å²) >= 11 is 0. The Morgan fingerprint density at radius 2 is 1.77 bits per heavy atom. The van der Waals surface area contributed by atoms with E-state index in [-0.39, 0.29) is 18.4 Å². The van der Waals surface area contributed by atoms with Crippen LogP contribution in [-0.4, -0.2) is 45.2 Å². The molecule has 31 heavy (non-hydrogen) atoms. The number of carbonyl (C=O) groups is 2. The lowest BCUT2D eigenvalue weighted by atomic mass is 10.1. The summed E-state index contributed by atoms with van der Waals surface area (Å²) in [6.45, 7) is 6.21. The average molecular weight is 428 g/mol. The molecular weight excluding hydrogens is 394 g/mol. The van der Waals surface area contributed by atoms with Crippen molar-refractivity contribution < 1.29 is 19.1 Å². The Morgan fingerprint density at radius 1 is 1.00 bits per heavy atom. The SMILES string of the molecule is COCCCNC(=O)c1cccc(NC(=O)CNc2cccc(OCCC(C)C)c2)c1. The molecule has 0 aliphatic rings. The Balaban J connectivity index is 1.81. The van der Waals surface area contributed by atoms with E-state index in [2.05, 4.69) is 29.8 Å². The van der Waals surface area contributed by atoms with Crippen LogP contribution >= 0.6 is 0 Å². The molecule has 168 valence electrons. The first kappa shape index (κ1) is 24.2. The average Bonchev–Trinajstić information content (AvgIpc) is 2.75. The number of hydrogen-bond donors (Lipinski definition) is 3. The molecule has 0 aliphatic heterocycles. The highest BCUT2D eigenvalue weighted by Gasteiger charge is 2.08. The van der Waals surface area contributed by atoms with Gasteiger partial charge in [0.15, 0.2) is 0 Å². The maximum absolute atomic E-state index is 12.3. The second kappa shape index (κ2) is 13.3. The molecule has 7 heteroatoms. The molecule has 0 aromatic heterocycles. The summed E-state index contributed by atoms with van der Waals surface area (Å²) in [5.41, 5.74) is 1.87. The molecule has 2 aromatic rings. The molecule has 2 rings (SSSR count). The smallest absolute Gasteiger partial charge is 0.251 e. The molecule has 0 saturated carbocycles. The van der Waals surface area contributed by atoms with E-state index in [1.54, 1.807) is 31.4 Å². The molecule has 7 nitrogen and oxygen atoms in total. The summed E-state index contributed by atoms with van der Waals surface area (Å²) in [5, 5.41) is 8.74. The minimum Gasteiger partial charge on any atom is -0.494 e. The van der Waals surface area contributed by atoms with Crippen LogP contribution in [0.2, 0.25) is 0 Å². The molecule has 0 saturated heterocycles. The largest absolute Gasteiger partial charge is 0.494 e. The summed E-state index contributed by atoms with van der Waals surface area (Å²) in [7, 11) is 1.63. The lowest BCUT2D eigenvalue weighted by Gasteiger charge is -2.11. The molecule has 0 aliphatic carbocycles. The van der Waals surface area contributed by atoms with E-state index in [1.807, 2.05) is 24.3 Å². The van der Waals surface area contributed by atoms with Gasteiger partial charge in [0, 0.05) is 43.3 Å². The summed E-state index contributed by atoms with van der Waals surface area (Å²) in [5.74, 6) is 0.976. The van der Waals surface area contributed by atoms with Gasteiger partial charge in [0.05, 0.1) is 13.2 Å². The van der Waals surface area contributed by atoms with Crippen LogP contribution < -0.4 is 20.7 Å². The predicted octanol–water partition coefficient (Wildman–Crippen LogP) is 3.93. The second-order valence-corrected chi connectivity index (χ2v) is 7.64. The number of anilines is 2. The van der Waals surface area contributed by atoms with E-state index in [1.165, 1.54) is 0 Å². The first-order chi connectivity index (χ1) is 15.0. The highest BCUT2D eigenvalue weighted by molar-refractivity contribution is 5.98. The van der Waals surface area contributed by atoms with Crippen LogP contribution in [0.3, 0.4) is 0 Å². The number of ether oxygens (including phenoxy) is 2. The topological polar surface area (TPSA) is 88.7 Å². The summed E-state index contributed by atoms with van der Waals surface area (Å²) in [4.78, 5) is 24.5. The van der Waals surface area contributed by atoms with Gasteiger partial charge >= 0.3 is 0 Å². The second-order valence-electron chi connectivity index (χ2n) is 7.64. The zero-order valence-corrected chi connectivity index (χ0v) is 18.6. The van der Waals surface area contributed by atoms with Crippen LogP contribution in [0.15, 0.2) is 48.5 Å². The van der Waals surface area contributed by atoms with Gasteiger partial charge in [-0.25, -0.2) is 0 Å². The lowest BCUT2D eigenvalue weighted by Crippen LogP contribution is -2.25. The number of rotatable bonds is 13. The number of benzene rings is 2. The van der Waals surface area contributed by atoms with Gasteiger partial charge < -0.3 is 25.4 Å². The summed E-state index contributed by atoms with van der Waals surface area (Å²) in [6, 6.07) is 14.4. The van der Waals surface area contributed by atoms with Crippen LogP contribution in [0.5, 0.6) is 5.75 Å². The maximum atomic E-state index is 12.3. The third kappa shape index (κ3) is 9.53. The van der Waals surface area contributed by atoms with Crippen molar-refractivity contribution in [1.82, 2.24) is 5.32 Å². The van der Waals surface area contributed by atoms with Gasteiger partial charge in [-0.2, -0.15) is 0 Å². The summed E-state index contributed by atoms with van der Waals surface area (Å²) < 4.78 is 10.7. The lowest BCUT2D eigenvalue weighted by molar-refractivity contribution is -0.114. The number of nitrogens with one attached hydrogen (secondary N) is 3. The molecule has 0 fully saturated rings. The Morgan fingerprint density at radius 3 is 2.55 bits per heavy atom. The predicted molar refractivity (Wildman–Crippen MR) is 124 cm³/mol. The first-order valence-electron chi connectivity index (χ1n) is 10.6. The van der Waals surface area contributed by atoms with Crippen LogP contribution in [-0.2, 0) is 9.53 Å². The number of methoxy groups -OCH3 is 1. The molecule has 2 aromatic carbocycles. The van der Waals surface area contributed by atoms with Gasteiger partial charge in [0.1, 0.15) is 5.75 Å². The van der Waals surface area contributed by atoms with Crippen molar-refractivity contribution in [3.8, 4) is 5.75 Å². The van der Waals surface area contributed by atoms with E-state index in [9.17, 15) is 9.59 Å². The molecule has 3 N–H and O–H groups in total. The normalized spacial score (nSPS) is 10.6. The molecule has 0 bridgehead atoms. The van der Waals surface area contributed by atoms with E-state index in [4.69, 9.17) is 9.47 Å². The zero-order valence-electron chi connectivity index (χ0n) is 18.6. The van der Waals surface area contributed by atoms with Crippen molar-refractivity contribution in [2.45, 2.75) is 26.7 Å². The maximum Gasteiger partial charge on any atom is 0.251 e. The van der Waals surface area contributed by atoms with Crippen molar-refractivity contribution in [3.05, 3.63) is 54.1 Å². The quantitative estimate of drug-likeness (QED) is 0.422. The van der Waals surface area contributed by atoms with Crippen molar-refractivity contribution >= 4 is 23.2 Å². The Bertz CT molecular complexity index is 839. The van der Waals surface area contributed by atoms with E-state index >= 15 is 0 Å². The van der Waals surface area contributed by atoms with Crippen LogP contribution in [0, 0.1) is 5.92 Å². The van der Waals surface area contributed by atoms with Crippen LogP contribution in [0.25, 0.3) is 0 Å². The minimum atomic E-state index is -0.205. The van der Waals surface area contributed by atoms with Crippen molar-refractivity contribution in [3.63, 3.8) is 0 Å². The highest BCUT2D eigenvalue weighted by atomic mass is 16.5. The standard InChI is InChI=1S/C24H33N3O4/c1-18(2)11-14-31-22-10-5-8-20(16-22)26-17-23(28)27-21-9-4-7-19(15-21)24(29)25-12-6-13-30-3/h4-5,7-10,15-16,18,26H,6,11-14,17H2,1-3H3,(H,25,29)(H,27,28). The molecule has 2 amide bonds. The molecule has 0 atom stereocenters. The fraction of sp³-hybridized carbons (Fsp3) is 0.417. The van der Waals surface area contributed by atoms with E-state index < -0.39 is 0 Å². The van der Waals surface area contributed by atoms with Crippen molar-refractivity contribution in [1.29, 1.82) is 0 Å². The van der Waals surface area contributed by atoms with Gasteiger partial charge in [-0.1, -0.05) is 26.0 Å². The molecule has 0 heterocycles. The molecule has 0 unspecified atom stereocenters.